The van der Waals surface area contributed by atoms with Gasteiger partial charge in [-0.1, -0.05) is 60.0 Å². The quantitative estimate of drug-likeness (QED) is 0.204. The highest BCUT2D eigenvalue weighted by Crippen LogP contribution is 2.52. The third-order valence-corrected chi connectivity index (χ3v) is 9.81. The summed E-state index contributed by atoms with van der Waals surface area (Å²) in [7, 11) is -0.978. The predicted molar refractivity (Wildman–Crippen MR) is 158 cm³/mol. The molecule has 6 nitrogen and oxygen atoms in total. The van der Waals surface area contributed by atoms with E-state index in [0.717, 1.165) is 33.3 Å². The maximum atomic E-state index is 13.7. The summed E-state index contributed by atoms with van der Waals surface area (Å²) in [6, 6.07) is 9.27. The molecule has 0 bridgehead atoms. The molecule has 3 heterocycles. The van der Waals surface area contributed by atoms with Crippen molar-refractivity contribution in [3.05, 3.63) is 67.3 Å². The van der Waals surface area contributed by atoms with Crippen LogP contribution in [-0.4, -0.2) is 40.1 Å². The van der Waals surface area contributed by atoms with Crippen LogP contribution in [0.1, 0.15) is 56.9 Å². The van der Waals surface area contributed by atoms with Gasteiger partial charge in [-0.3, -0.25) is 14.5 Å². The second kappa shape index (κ2) is 11.7. The number of allylic oxidation sites excluding steroid dienone is 2. The fraction of sp³-hybridized carbons (Fsp3) is 0.467. The monoisotopic (exact) mass is 611 g/mol. The van der Waals surface area contributed by atoms with Crippen LogP contribution in [0.25, 0.3) is 6.08 Å². The Kier molecular flexibility index (Phi) is 8.52. The Morgan fingerprint density at radius 2 is 2.05 bits per heavy atom. The van der Waals surface area contributed by atoms with Crippen molar-refractivity contribution in [1.82, 2.24) is 4.90 Å². The van der Waals surface area contributed by atoms with E-state index in [1.807, 2.05) is 35.7 Å². The van der Waals surface area contributed by atoms with E-state index in [9.17, 15) is 19.7 Å². The smallest absolute Gasteiger partial charge is 0.455 e. The molecule has 3 aliphatic rings. The molecule has 39 heavy (non-hydrogen) atoms. The van der Waals surface area contributed by atoms with E-state index in [2.05, 4.69) is 36.7 Å². The Labute approximate surface area is 243 Å². The largest absolute Gasteiger partial charge is 0.507 e. The molecule has 2 N–H and O–H groups in total. The van der Waals surface area contributed by atoms with Gasteiger partial charge in [0.05, 0.1) is 24.5 Å². The van der Waals surface area contributed by atoms with E-state index in [1.54, 1.807) is 17.4 Å². The van der Waals surface area contributed by atoms with Gasteiger partial charge >= 0.3 is 7.12 Å². The van der Waals surface area contributed by atoms with Gasteiger partial charge in [0.15, 0.2) is 0 Å². The van der Waals surface area contributed by atoms with Crippen molar-refractivity contribution in [2.45, 2.75) is 65.4 Å². The zero-order valence-electron chi connectivity index (χ0n) is 22.6. The van der Waals surface area contributed by atoms with Crippen molar-refractivity contribution < 1.29 is 24.4 Å². The number of aromatic hydroxyl groups is 1. The Balaban J connectivity index is 1.42. The van der Waals surface area contributed by atoms with Crippen molar-refractivity contribution in [3.63, 3.8) is 0 Å². The zero-order valence-corrected chi connectivity index (χ0v) is 25.0. The molecule has 0 saturated carbocycles. The molecule has 0 unspecified atom stereocenters. The number of phenolic OH excluding ortho intramolecular Hbond substituents is 1. The summed E-state index contributed by atoms with van der Waals surface area (Å²) in [4.78, 5) is 29.7. The highest BCUT2D eigenvalue weighted by atomic mass is 79.9. The number of carbonyl (C=O) groups excluding carboxylic acids is 2. The highest BCUT2D eigenvalue weighted by molar-refractivity contribution is 9.10. The average molecular weight is 612 g/mol. The number of rotatable bonds is 8. The molecule has 2 amide bonds. The Morgan fingerprint density at radius 3 is 2.74 bits per heavy atom. The molecular formula is C30H35BBrNO5S. The maximum Gasteiger partial charge on any atom is 0.455 e. The number of carbonyl (C=O) groups is 2. The lowest BCUT2D eigenvalue weighted by molar-refractivity contribution is -0.140. The minimum Gasteiger partial charge on any atom is -0.507 e. The minimum absolute atomic E-state index is 0.0850. The molecule has 9 heteroatoms. The Hall–Kier alpha value is -2.20. The molecule has 4 atom stereocenters. The molecule has 2 aromatic rings. The van der Waals surface area contributed by atoms with Gasteiger partial charge in [0, 0.05) is 14.9 Å². The van der Waals surface area contributed by atoms with Gasteiger partial charge in [-0.2, -0.15) is 0 Å². The number of nitrogens with zero attached hydrogens (tertiary/aromatic N) is 1. The third kappa shape index (κ3) is 5.69. The molecule has 2 aliphatic heterocycles. The third-order valence-electron chi connectivity index (χ3n) is 8.46. The first-order valence-electron chi connectivity index (χ1n) is 13.8. The summed E-state index contributed by atoms with van der Waals surface area (Å²) in [5.41, 5.74) is 4.24. The first-order valence-corrected chi connectivity index (χ1v) is 15.5. The molecule has 2 fully saturated rings. The second-order valence-electron chi connectivity index (χ2n) is 11.1. The van der Waals surface area contributed by atoms with Gasteiger partial charge in [0.25, 0.3) is 0 Å². The van der Waals surface area contributed by atoms with Crippen molar-refractivity contribution in [1.29, 1.82) is 0 Å². The van der Waals surface area contributed by atoms with Gasteiger partial charge < -0.3 is 14.8 Å². The van der Waals surface area contributed by atoms with E-state index in [-0.39, 0.29) is 41.4 Å². The molecule has 206 valence electrons. The normalized spacial score (nSPS) is 25.5. The molecular weight excluding hydrogens is 577 g/mol. The number of hydrogen-bond acceptors (Lipinski definition) is 6. The van der Waals surface area contributed by atoms with E-state index in [0.29, 0.717) is 25.7 Å². The SMILES string of the molecule is CC/C(=C\c1cc(Br)ccc1O)CC[C@H]1OB(O)C[C@H]2C1=C(C(C)C)C[C@H]1C(=O)N(Cc3cccs3)C(=O)[C@H]12. The second-order valence-corrected chi connectivity index (χ2v) is 13.1. The van der Waals surface area contributed by atoms with Gasteiger partial charge in [0.1, 0.15) is 5.75 Å². The van der Waals surface area contributed by atoms with Crippen molar-refractivity contribution in [2.24, 2.45) is 23.7 Å². The minimum atomic E-state index is -0.978. The fourth-order valence-electron chi connectivity index (χ4n) is 6.56. The topological polar surface area (TPSA) is 87.1 Å². The molecule has 1 aromatic heterocycles. The van der Waals surface area contributed by atoms with E-state index < -0.39 is 13.0 Å². The summed E-state index contributed by atoms with van der Waals surface area (Å²) in [5.74, 6) is -0.792. The number of thiophene rings is 1. The Bertz CT molecular complexity index is 1310. The maximum absolute atomic E-state index is 13.7. The first-order chi connectivity index (χ1) is 18.7. The van der Waals surface area contributed by atoms with E-state index >= 15 is 0 Å². The van der Waals surface area contributed by atoms with Gasteiger partial charge in [0.2, 0.25) is 11.8 Å². The van der Waals surface area contributed by atoms with E-state index in [1.165, 1.54) is 16.0 Å². The molecule has 0 radical (unpaired) electrons. The van der Waals surface area contributed by atoms with Crippen LogP contribution in [0.3, 0.4) is 0 Å². The number of halogens is 1. The number of phenols is 1. The highest BCUT2D eigenvalue weighted by Gasteiger charge is 2.57. The molecule has 1 aromatic carbocycles. The Morgan fingerprint density at radius 1 is 1.26 bits per heavy atom. The number of imide groups is 1. The molecule has 5 rings (SSSR count). The molecule has 2 saturated heterocycles. The lowest BCUT2D eigenvalue weighted by Crippen LogP contribution is -2.46. The van der Waals surface area contributed by atoms with E-state index in [4.69, 9.17) is 4.65 Å². The fourth-order valence-corrected chi connectivity index (χ4v) is 7.63. The summed E-state index contributed by atoms with van der Waals surface area (Å²) in [5, 5.41) is 23.1. The van der Waals surface area contributed by atoms with Gasteiger partial charge in [-0.25, -0.2) is 0 Å². The first kappa shape index (κ1) is 28.3. The number of amides is 2. The zero-order chi connectivity index (χ0) is 27.8. The van der Waals surface area contributed by atoms with Crippen LogP contribution in [-0.2, 0) is 20.8 Å². The van der Waals surface area contributed by atoms with Gasteiger partial charge in [-0.15, -0.1) is 11.3 Å². The van der Waals surface area contributed by atoms with Crippen LogP contribution in [0.15, 0.2) is 56.9 Å². The number of fused-ring (bicyclic) bond motifs is 3. The number of likely N-dealkylation sites (tertiary alicyclic amines) is 1. The summed E-state index contributed by atoms with van der Waals surface area (Å²) >= 11 is 5.03. The van der Waals surface area contributed by atoms with Crippen molar-refractivity contribution >= 4 is 52.3 Å². The number of hydrogen-bond donors (Lipinski definition) is 2. The van der Waals surface area contributed by atoms with Gasteiger partial charge in [-0.05, 0) is 79.1 Å². The summed E-state index contributed by atoms with van der Waals surface area (Å²) < 4.78 is 7.05. The molecule has 1 aliphatic carbocycles. The van der Waals surface area contributed by atoms with Crippen LogP contribution >= 0.6 is 27.3 Å². The standard InChI is InChI=1S/C30H35BBrNO5S/c1-4-18(12-19-13-20(32)8-9-25(19)34)7-10-26-27-22(17(2)3)14-23-28(24(27)15-31(37)38-26)30(36)33(29(23)35)16-21-6-5-11-39-21/h5-6,8-9,11-13,17,23-24,26,28,34,37H,4,7,10,14-16H2,1-3H3/b18-12+/t23-,24+,26-,28-/m1/s1. The summed E-state index contributed by atoms with van der Waals surface area (Å²) in [6.45, 7) is 6.69. The van der Waals surface area contributed by atoms with Crippen LogP contribution in [0.5, 0.6) is 5.75 Å². The molecule has 0 spiro atoms. The predicted octanol–water partition coefficient (Wildman–Crippen LogP) is 6.44. The van der Waals surface area contributed by atoms with Crippen LogP contribution in [0, 0.1) is 23.7 Å². The number of benzene rings is 1. The van der Waals surface area contributed by atoms with Crippen LogP contribution in [0.4, 0.5) is 0 Å². The van der Waals surface area contributed by atoms with Crippen molar-refractivity contribution in [2.75, 3.05) is 0 Å². The average Bonchev–Trinajstić information content (AvgIpc) is 3.50. The lowest BCUT2D eigenvalue weighted by Gasteiger charge is -2.44. The van der Waals surface area contributed by atoms with Crippen LogP contribution in [0.2, 0.25) is 6.32 Å². The summed E-state index contributed by atoms with van der Waals surface area (Å²) in [6.07, 6.45) is 4.80. The van der Waals surface area contributed by atoms with Crippen LogP contribution < -0.4 is 0 Å². The van der Waals surface area contributed by atoms with Crippen molar-refractivity contribution in [3.8, 4) is 5.75 Å². The lowest BCUT2D eigenvalue weighted by atomic mass is 9.57.